The Balaban J connectivity index is 0.00000128. The van der Waals surface area contributed by atoms with Crippen LogP contribution in [0.15, 0.2) is 0 Å². The summed E-state index contributed by atoms with van der Waals surface area (Å²) in [7, 11) is 1.96. The molecule has 2 atom stereocenters. The van der Waals surface area contributed by atoms with Crippen molar-refractivity contribution in [2.24, 2.45) is 0 Å². The lowest BCUT2D eigenvalue weighted by molar-refractivity contribution is -0.131. The SMILES string of the molecule is CNCC1CCCN1C(=O)C1CCCS1.Cl. The number of carbonyl (C=O) groups is 1. The second kappa shape index (κ2) is 6.72. The van der Waals surface area contributed by atoms with E-state index in [1.807, 2.05) is 18.8 Å². The molecule has 0 aliphatic carbocycles. The van der Waals surface area contributed by atoms with E-state index in [1.54, 1.807) is 0 Å². The normalized spacial score (nSPS) is 29.2. The van der Waals surface area contributed by atoms with Gasteiger partial charge in [-0.3, -0.25) is 4.79 Å². The van der Waals surface area contributed by atoms with Crippen LogP contribution in [0.2, 0.25) is 0 Å². The second-order valence-electron chi connectivity index (χ2n) is 4.39. The molecule has 2 fully saturated rings. The number of nitrogens with zero attached hydrogens (tertiary/aromatic N) is 1. The average Bonchev–Trinajstić information content (AvgIpc) is 2.87. The van der Waals surface area contributed by atoms with E-state index in [-0.39, 0.29) is 17.7 Å². The highest BCUT2D eigenvalue weighted by molar-refractivity contribution is 8.00. The summed E-state index contributed by atoms with van der Waals surface area (Å²) < 4.78 is 0. The van der Waals surface area contributed by atoms with Crippen LogP contribution in [-0.2, 0) is 4.79 Å². The number of hydrogen-bond donors (Lipinski definition) is 1. The zero-order chi connectivity index (χ0) is 10.7. The van der Waals surface area contributed by atoms with Crippen molar-refractivity contribution in [1.82, 2.24) is 10.2 Å². The van der Waals surface area contributed by atoms with Gasteiger partial charge in [0.15, 0.2) is 0 Å². The molecule has 0 radical (unpaired) electrons. The summed E-state index contributed by atoms with van der Waals surface area (Å²) in [5.41, 5.74) is 0. The van der Waals surface area contributed by atoms with Crippen LogP contribution in [-0.4, -0.2) is 48.0 Å². The summed E-state index contributed by atoms with van der Waals surface area (Å²) >= 11 is 1.85. The van der Waals surface area contributed by atoms with Gasteiger partial charge in [-0.25, -0.2) is 0 Å². The Hall–Kier alpha value is 0.0700. The maximum Gasteiger partial charge on any atom is 0.235 e. The predicted octanol–water partition coefficient (Wildman–Crippen LogP) is 1.51. The van der Waals surface area contributed by atoms with Gasteiger partial charge in [0.1, 0.15) is 0 Å². The van der Waals surface area contributed by atoms with Gasteiger partial charge in [0.05, 0.1) is 5.25 Å². The third kappa shape index (κ3) is 3.05. The van der Waals surface area contributed by atoms with Crippen molar-refractivity contribution in [3.8, 4) is 0 Å². The maximum atomic E-state index is 12.2. The van der Waals surface area contributed by atoms with Gasteiger partial charge in [0.25, 0.3) is 0 Å². The van der Waals surface area contributed by atoms with Crippen molar-refractivity contribution < 1.29 is 4.79 Å². The quantitative estimate of drug-likeness (QED) is 0.839. The van der Waals surface area contributed by atoms with Crippen LogP contribution in [0.1, 0.15) is 25.7 Å². The molecule has 0 aromatic carbocycles. The molecule has 0 aromatic rings. The molecule has 3 nitrogen and oxygen atoms in total. The third-order valence-corrected chi connectivity index (χ3v) is 4.67. The topological polar surface area (TPSA) is 32.3 Å². The molecule has 0 saturated carbocycles. The van der Waals surface area contributed by atoms with Crippen LogP contribution in [0.3, 0.4) is 0 Å². The molecule has 0 aromatic heterocycles. The Labute approximate surface area is 108 Å². The summed E-state index contributed by atoms with van der Waals surface area (Å²) in [5.74, 6) is 1.57. The summed E-state index contributed by atoms with van der Waals surface area (Å²) in [5, 5.41) is 3.45. The minimum absolute atomic E-state index is 0. The Morgan fingerprint density at radius 2 is 2.25 bits per heavy atom. The molecular weight excluding hydrogens is 244 g/mol. The van der Waals surface area contributed by atoms with E-state index in [2.05, 4.69) is 10.2 Å². The lowest BCUT2D eigenvalue weighted by Crippen LogP contribution is -2.44. The molecule has 2 aliphatic rings. The number of rotatable bonds is 3. The van der Waals surface area contributed by atoms with Crippen molar-refractivity contribution in [2.45, 2.75) is 37.0 Å². The molecule has 5 heteroatoms. The van der Waals surface area contributed by atoms with Crippen molar-refractivity contribution in [3.63, 3.8) is 0 Å². The van der Waals surface area contributed by atoms with Gasteiger partial charge in [-0.15, -0.1) is 24.2 Å². The summed E-state index contributed by atoms with van der Waals surface area (Å²) in [6, 6.07) is 0.448. The monoisotopic (exact) mass is 264 g/mol. The number of likely N-dealkylation sites (tertiary alicyclic amines) is 1. The second-order valence-corrected chi connectivity index (χ2v) is 5.70. The lowest BCUT2D eigenvalue weighted by Gasteiger charge is -2.26. The van der Waals surface area contributed by atoms with Crippen LogP contribution in [0.5, 0.6) is 0 Å². The van der Waals surface area contributed by atoms with Gasteiger partial charge in [-0.05, 0) is 38.5 Å². The fourth-order valence-corrected chi connectivity index (χ4v) is 3.76. The van der Waals surface area contributed by atoms with Gasteiger partial charge in [0.2, 0.25) is 5.91 Å². The summed E-state index contributed by atoms with van der Waals surface area (Å²) in [6.45, 7) is 1.92. The zero-order valence-corrected chi connectivity index (χ0v) is 11.4. The van der Waals surface area contributed by atoms with Gasteiger partial charge in [-0.2, -0.15) is 0 Å². The number of amides is 1. The van der Waals surface area contributed by atoms with Crippen molar-refractivity contribution in [1.29, 1.82) is 0 Å². The Kier molecular flexibility index (Phi) is 5.94. The number of halogens is 1. The van der Waals surface area contributed by atoms with E-state index >= 15 is 0 Å². The maximum absolute atomic E-state index is 12.2. The Morgan fingerprint density at radius 1 is 1.44 bits per heavy atom. The fraction of sp³-hybridized carbons (Fsp3) is 0.909. The number of likely N-dealkylation sites (N-methyl/N-ethyl adjacent to an activating group) is 1. The third-order valence-electron chi connectivity index (χ3n) is 3.31. The first-order valence-corrected chi connectivity index (χ1v) is 6.94. The molecule has 1 N–H and O–H groups in total. The van der Waals surface area contributed by atoms with Gasteiger partial charge in [0, 0.05) is 19.1 Å². The first-order valence-electron chi connectivity index (χ1n) is 5.89. The smallest absolute Gasteiger partial charge is 0.235 e. The molecule has 2 saturated heterocycles. The van der Waals surface area contributed by atoms with E-state index in [0.717, 1.165) is 19.5 Å². The molecule has 2 unspecified atom stereocenters. The Bertz CT molecular complexity index is 234. The minimum Gasteiger partial charge on any atom is -0.337 e. The molecule has 2 aliphatic heterocycles. The van der Waals surface area contributed by atoms with Gasteiger partial charge >= 0.3 is 0 Å². The molecule has 16 heavy (non-hydrogen) atoms. The van der Waals surface area contributed by atoms with Crippen molar-refractivity contribution in [3.05, 3.63) is 0 Å². The molecule has 2 heterocycles. The van der Waals surface area contributed by atoms with E-state index in [4.69, 9.17) is 0 Å². The number of nitrogens with one attached hydrogen (secondary N) is 1. The van der Waals surface area contributed by atoms with Crippen LogP contribution in [0, 0.1) is 0 Å². The van der Waals surface area contributed by atoms with E-state index in [9.17, 15) is 4.79 Å². The first kappa shape index (κ1) is 14.1. The highest BCUT2D eigenvalue weighted by Crippen LogP contribution is 2.30. The largest absolute Gasteiger partial charge is 0.337 e. The van der Waals surface area contributed by atoms with E-state index in [0.29, 0.717) is 11.9 Å². The fourth-order valence-electron chi connectivity index (χ4n) is 2.53. The number of hydrogen-bond acceptors (Lipinski definition) is 3. The zero-order valence-electron chi connectivity index (χ0n) is 9.78. The van der Waals surface area contributed by atoms with Crippen LogP contribution >= 0.6 is 24.2 Å². The standard InChI is InChI=1S/C11H20N2OS.ClH/c1-12-8-9-4-2-6-13(9)11(14)10-5-3-7-15-10;/h9-10,12H,2-8H2,1H3;1H. The van der Waals surface area contributed by atoms with E-state index < -0.39 is 0 Å². The molecule has 0 bridgehead atoms. The lowest BCUT2D eigenvalue weighted by atomic mass is 10.2. The molecule has 1 amide bonds. The van der Waals surface area contributed by atoms with Crippen LogP contribution in [0.25, 0.3) is 0 Å². The van der Waals surface area contributed by atoms with Crippen LogP contribution < -0.4 is 5.32 Å². The molecule has 94 valence electrons. The Morgan fingerprint density at radius 3 is 2.88 bits per heavy atom. The molecule has 2 rings (SSSR count). The van der Waals surface area contributed by atoms with E-state index in [1.165, 1.54) is 25.0 Å². The summed E-state index contributed by atoms with van der Waals surface area (Å²) in [6.07, 6.45) is 4.65. The highest BCUT2D eigenvalue weighted by Gasteiger charge is 2.34. The van der Waals surface area contributed by atoms with Crippen molar-refractivity contribution in [2.75, 3.05) is 25.9 Å². The van der Waals surface area contributed by atoms with Gasteiger partial charge in [-0.1, -0.05) is 0 Å². The molecular formula is C11H21ClN2OS. The molecule has 0 spiro atoms. The van der Waals surface area contributed by atoms with Crippen molar-refractivity contribution >= 4 is 30.1 Å². The number of thioether (sulfide) groups is 1. The summed E-state index contributed by atoms with van der Waals surface area (Å²) in [4.78, 5) is 14.3. The minimum atomic E-state index is 0. The number of carbonyl (C=O) groups excluding carboxylic acids is 1. The van der Waals surface area contributed by atoms with Gasteiger partial charge < -0.3 is 10.2 Å². The highest BCUT2D eigenvalue weighted by atomic mass is 35.5. The predicted molar refractivity (Wildman–Crippen MR) is 71.4 cm³/mol. The first-order chi connectivity index (χ1) is 7.33. The average molecular weight is 265 g/mol. The van der Waals surface area contributed by atoms with Crippen LogP contribution in [0.4, 0.5) is 0 Å².